The molecule has 0 rings (SSSR count). The number of thioether (sulfide) groups is 1. The Bertz CT molecular complexity index is 103. The van der Waals surface area contributed by atoms with Crippen LogP contribution in [0.15, 0.2) is 5.10 Å². The van der Waals surface area contributed by atoms with Crippen molar-refractivity contribution < 1.29 is 0 Å². The first-order valence-electron chi connectivity index (χ1n) is 2.80. The summed E-state index contributed by atoms with van der Waals surface area (Å²) in [6.07, 6.45) is 1.03. The van der Waals surface area contributed by atoms with Gasteiger partial charge in [-0.25, -0.2) is 0 Å². The van der Waals surface area contributed by atoms with Gasteiger partial charge in [0.25, 0.3) is 0 Å². The topological polar surface area (TPSA) is 38.4 Å². The molecule has 0 saturated carbocycles. The quantitative estimate of drug-likeness (QED) is 0.163. The van der Waals surface area contributed by atoms with Gasteiger partial charge in [-0.3, -0.25) is 0 Å². The maximum Gasteiger partial charge on any atom is 0.0908 e. The maximum atomic E-state index is 5.01. The first-order valence-corrected chi connectivity index (χ1v) is 4.19. The van der Waals surface area contributed by atoms with Gasteiger partial charge in [0.15, 0.2) is 0 Å². The van der Waals surface area contributed by atoms with Gasteiger partial charge in [-0.2, -0.15) is 17.7 Å². The highest BCUT2D eigenvalue weighted by Crippen LogP contribution is 2.18. The Morgan fingerprint density at radius 3 is 2.78 bits per heavy atom. The van der Waals surface area contributed by atoms with Crippen LogP contribution in [0.2, 0.25) is 0 Å². The fourth-order valence-electron chi connectivity index (χ4n) is 0.311. The zero-order chi connectivity index (χ0) is 7.28. The van der Waals surface area contributed by atoms with Crippen molar-refractivity contribution in [3.8, 4) is 0 Å². The monoisotopic (exact) mass is 164 g/mol. The summed E-state index contributed by atoms with van der Waals surface area (Å²) < 4.78 is 0.331. The van der Waals surface area contributed by atoms with Gasteiger partial charge in [-0.1, -0.05) is 18.7 Å². The van der Waals surface area contributed by atoms with E-state index in [4.69, 9.17) is 5.84 Å². The lowest BCUT2D eigenvalue weighted by molar-refractivity contribution is 1.07. The third-order valence-electron chi connectivity index (χ3n) is 0.838. The van der Waals surface area contributed by atoms with Crippen molar-refractivity contribution in [1.82, 2.24) is 0 Å². The fourth-order valence-corrected chi connectivity index (χ4v) is 1.39. The van der Waals surface area contributed by atoms with Crippen LogP contribution in [-0.4, -0.2) is 9.63 Å². The second-order valence-corrected chi connectivity index (χ2v) is 4.00. The Balaban J connectivity index is 3.47. The number of hydrogen-bond acceptors (Lipinski definition) is 4. The molecule has 2 nitrogen and oxygen atoms in total. The normalized spacial score (nSPS) is 15.7. The molecule has 0 fully saturated rings. The SMILES string of the molecule is CCC(S)S/C(C)=N\N. The van der Waals surface area contributed by atoms with E-state index in [1.807, 2.05) is 6.92 Å². The van der Waals surface area contributed by atoms with E-state index in [-0.39, 0.29) is 0 Å². The first kappa shape index (κ1) is 9.17. The van der Waals surface area contributed by atoms with E-state index >= 15 is 0 Å². The zero-order valence-corrected chi connectivity index (χ0v) is 7.38. The Hall–Kier alpha value is 0.170. The summed E-state index contributed by atoms with van der Waals surface area (Å²) >= 11 is 5.84. The van der Waals surface area contributed by atoms with Crippen LogP contribution >= 0.6 is 24.4 Å². The van der Waals surface area contributed by atoms with Crippen LogP contribution in [0.3, 0.4) is 0 Å². The molecule has 9 heavy (non-hydrogen) atoms. The van der Waals surface area contributed by atoms with Crippen LogP contribution in [0, 0.1) is 0 Å². The summed E-state index contributed by atoms with van der Waals surface area (Å²) in [5.41, 5.74) is 0. The van der Waals surface area contributed by atoms with Gasteiger partial charge in [0, 0.05) is 0 Å². The highest BCUT2D eigenvalue weighted by atomic mass is 32.2. The summed E-state index contributed by atoms with van der Waals surface area (Å²) in [5, 5.41) is 4.39. The maximum absolute atomic E-state index is 5.01. The van der Waals surface area contributed by atoms with Crippen molar-refractivity contribution >= 4 is 29.4 Å². The molecule has 0 bridgehead atoms. The number of thiol groups is 1. The molecule has 0 spiro atoms. The lowest BCUT2D eigenvalue weighted by Crippen LogP contribution is -1.97. The molecule has 0 radical (unpaired) electrons. The molecule has 1 atom stereocenters. The molecule has 4 heteroatoms. The van der Waals surface area contributed by atoms with Crippen molar-refractivity contribution in [1.29, 1.82) is 0 Å². The number of hydrogen-bond donors (Lipinski definition) is 2. The highest BCUT2D eigenvalue weighted by molar-refractivity contribution is 8.21. The molecule has 0 aliphatic rings. The molecule has 1 unspecified atom stereocenters. The van der Waals surface area contributed by atoms with E-state index < -0.39 is 0 Å². The summed E-state index contributed by atoms with van der Waals surface area (Å²) in [6, 6.07) is 0. The van der Waals surface area contributed by atoms with Crippen LogP contribution in [0.1, 0.15) is 20.3 Å². The van der Waals surface area contributed by atoms with Gasteiger partial charge in [-0.15, -0.1) is 0 Å². The van der Waals surface area contributed by atoms with Gasteiger partial charge >= 0.3 is 0 Å². The summed E-state index contributed by atoms with van der Waals surface area (Å²) in [5.74, 6) is 5.01. The van der Waals surface area contributed by atoms with Gasteiger partial charge in [0.1, 0.15) is 0 Å². The molecule has 0 heterocycles. The average molecular weight is 164 g/mol. The van der Waals surface area contributed by atoms with E-state index in [9.17, 15) is 0 Å². The van der Waals surface area contributed by atoms with Crippen molar-refractivity contribution in [2.75, 3.05) is 0 Å². The predicted octanol–water partition coefficient (Wildman–Crippen LogP) is 1.68. The van der Waals surface area contributed by atoms with E-state index in [1.165, 1.54) is 0 Å². The van der Waals surface area contributed by atoms with Crippen LogP contribution in [0.25, 0.3) is 0 Å². The molecule has 54 valence electrons. The minimum Gasteiger partial charge on any atom is -0.323 e. The predicted molar refractivity (Wildman–Crippen MR) is 48.0 cm³/mol. The Kier molecular flexibility index (Phi) is 5.09. The van der Waals surface area contributed by atoms with Crippen LogP contribution < -0.4 is 5.84 Å². The zero-order valence-electron chi connectivity index (χ0n) is 5.66. The summed E-state index contributed by atoms with van der Waals surface area (Å²) in [6.45, 7) is 3.96. The van der Waals surface area contributed by atoms with Crippen molar-refractivity contribution in [3.63, 3.8) is 0 Å². The summed E-state index contributed by atoms with van der Waals surface area (Å²) in [7, 11) is 0. The molecular formula is C5H12N2S2. The van der Waals surface area contributed by atoms with Crippen LogP contribution in [0.4, 0.5) is 0 Å². The Morgan fingerprint density at radius 1 is 1.89 bits per heavy atom. The number of rotatable bonds is 2. The molecule has 0 amide bonds. The molecule has 0 saturated heterocycles. The van der Waals surface area contributed by atoms with Gasteiger partial charge in [-0.05, 0) is 13.3 Å². The second kappa shape index (κ2) is 4.99. The molecule has 0 aromatic carbocycles. The number of nitrogens with two attached hydrogens (primary N) is 1. The van der Waals surface area contributed by atoms with E-state index in [0.29, 0.717) is 4.58 Å². The van der Waals surface area contributed by atoms with Crippen molar-refractivity contribution in [3.05, 3.63) is 0 Å². The molecule has 2 N–H and O–H groups in total. The van der Waals surface area contributed by atoms with E-state index in [2.05, 4.69) is 24.7 Å². The van der Waals surface area contributed by atoms with Crippen molar-refractivity contribution in [2.24, 2.45) is 10.9 Å². The standard InChI is InChI=1S/C5H12N2S2/c1-3-5(8)9-4(2)7-6/h5,8H,3,6H2,1-2H3/b7-4-. The van der Waals surface area contributed by atoms with Crippen LogP contribution in [-0.2, 0) is 0 Å². The molecular weight excluding hydrogens is 152 g/mol. The van der Waals surface area contributed by atoms with E-state index in [1.54, 1.807) is 11.8 Å². The number of hydrazone groups is 1. The third-order valence-corrected chi connectivity index (χ3v) is 2.57. The molecule has 0 aromatic heterocycles. The lowest BCUT2D eigenvalue weighted by Gasteiger charge is -2.03. The fraction of sp³-hybridized carbons (Fsp3) is 0.800. The van der Waals surface area contributed by atoms with Crippen LogP contribution in [0.5, 0.6) is 0 Å². The minimum absolute atomic E-state index is 0.331. The molecule has 0 aliphatic heterocycles. The minimum atomic E-state index is 0.331. The largest absolute Gasteiger partial charge is 0.323 e. The molecule has 0 aromatic rings. The smallest absolute Gasteiger partial charge is 0.0908 e. The third kappa shape index (κ3) is 4.66. The Morgan fingerprint density at radius 2 is 2.44 bits per heavy atom. The van der Waals surface area contributed by atoms with Gasteiger partial charge in [0.05, 0.1) is 9.63 Å². The van der Waals surface area contributed by atoms with Gasteiger partial charge < -0.3 is 5.84 Å². The number of nitrogens with zero attached hydrogens (tertiary/aromatic N) is 1. The highest BCUT2D eigenvalue weighted by Gasteiger charge is 2.00. The Labute approximate surface area is 65.7 Å². The first-order chi connectivity index (χ1) is 4.20. The summed E-state index contributed by atoms with van der Waals surface area (Å²) in [4.78, 5) is 0. The second-order valence-electron chi connectivity index (χ2n) is 1.63. The molecule has 0 aliphatic carbocycles. The average Bonchev–Trinajstić information content (AvgIpc) is 1.87. The lowest BCUT2D eigenvalue weighted by atomic mass is 10.6. The van der Waals surface area contributed by atoms with Gasteiger partial charge in [0.2, 0.25) is 0 Å². The van der Waals surface area contributed by atoms with E-state index in [0.717, 1.165) is 11.5 Å². The van der Waals surface area contributed by atoms with Crippen molar-refractivity contribution in [2.45, 2.75) is 24.9 Å².